The molecular formula is C20H25N3O4. The van der Waals surface area contributed by atoms with E-state index in [-0.39, 0.29) is 17.3 Å². The van der Waals surface area contributed by atoms with Crippen molar-refractivity contribution in [1.29, 1.82) is 0 Å². The minimum atomic E-state index is -0.513. The summed E-state index contributed by atoms with van der Waals surface area (Å²) in [5, 5.41) is 16.7. The summed E-state index contributed by atoms with van der Waals surface area (Å²) in [7, 11) is 1.40. The first-order chi connectivity index (χ1) is 12.8. The molecule has 2 aromatic carbocycles. The summed E-state index contributed by atoms with van der Waals surface area (Å²) in [6.07, 6.45) is 1.07. The highest BCUT2D eigenvalue weighted by atomic mass is 16.6. The van der Waals surface area contributed by atoms with Gasteiger partial charge in [-0.25, -0.2) is 0 Å². The monoisotopic (exact) mass is 371 g/mol. The SMILES string of the molecule is CC[C@@H](C)c1ccc(N[C@H](C)C(=O)Nc2ccc([N+](=O)[O-])cc2OC)cc1. The Labute approximate surface area is 158 Å². The number of hydrogen-bond acceptors (Lipinski definition) is 5. The second-order valence-electron chi connectivity index (χ2n) is 6.43. The lowest BCUT2D eigenvalue weighted by molar-refractivity contribution is -0.384. The average molecular weight is 371 g/mol. The fraction of sp³-hybridized carbons (Fsp3) is 0.350. The molecule has 0 spiro atoms. The molecule has 0 aromatic heterocycles. The number of anilines is 2. The molecule has 1 amide bonds. The Morgan fingerprint density at radius 2 is 1.85 bits per heavy atom. The summed E-state index contributed by atoms with van der Waals surface area (Å²) in [5.41, 5.74) is 2.39. The minimum Gasteiger partial charge on any atom is -0.494 e. The first-order valence-corrected chi connectivity index (χ1v) is 8.85. The van der Waals surface area contributed by atoms with Crippen LogP contribution in [0.3, 0.4) is 0 Å². The van der Waals surface area contributed by atoms with Crippen LogP contribution in [0, 0.1) is 10.1 Å². The van der Waals surface area contributed by atoms with Crippen LogP contribution in [-0.4, -0.2) is 24.0 Å². The number of ether oxygens (including phenoxy) is 1. The third kappa shape index (κ3) is 5.20. The van der Waals surface area contributed by atoms with E-state index in [0.29, 0.717) is 11.6 Å². The van der Waals surface area contributed by atoms with Gasteiger partial charge < -0.3 is 15.4 Å². The Hall–Kier alpha value is -3.09. The number of hydrogen-bond donors (Lipinski definition) is 2. The molecular weight excluding hydrogens is 346 g/mol. The zero-order chi connectivity index (χ0) is 20.0. The van der Waals surface area contributed by atoms with Crippen molar-refractivity contribution in [2.24, 2.45) is 0 Å². The second kappa shape index (κ2) is 9.02. The van der Waals surface area contributed by atoms with Crippen LogP contribution in [0.25, 0.3) is 0 Å². The van der Waals surface area contributed by atoms with Crippen molar-refractivity contribution < 1.29 is 14.5 Å². The van der Waals surface area contributed by atoms with Gasteiger partial charge in [0, 0.05) is 11.8 Å². The molecule has 0 aliphatic carbocycles. The van der Waals surface area contributed by atoms with E-state index >= 15 is 0 Å². The predicted molar refractivity (Wildman–Crippen MR) is 107 cm³/mol. The number of methoxy groups -OCH3 is 1. The Morgan fingerprint density at radius 1 is 1.19 bits per heavy atom. The van der Waals surface area contributed by atoms with E-state index in [9.17, 15) is 14.9 Å². The van der Waals surface area contributed by atoms with Crippen molar-refractivity contribution >= 4 is 23.0 Å². The number of nitrogens with zero attached hydrogens (tertiary/aromatic N) is 1. The summed E-state index contributed by atoms with van der Waals surface area (Å²) in [5.74, 6) is 0.463. The molecule has 0 saturated carbocycles. The number of benzene rings is 2. The van der Waals surface area contributed by atoms with Crippen LogP contribution in [0.5, 0.6) is 5.75 Å². The van der Waals surface area contributed by atoms with E-state index in [0.717, 1.165) is 12.1 Å². The molecule has 0 unspecified atom stereocenters. The minimum absolute atomic E-state index is 0.0996. The molecule has 0 aliphatic heterocycles. The summed E-state index contributed by atoms with van der Waals surface area (Å²) >= 11 is 0. The van der Waals surface area contributed by atoms with Crippen LogP contribution in [0.4, 0.5) is 17.1 Å². The lowest BCUT2D eigenvalue weighted by Crippen LogP contribution is -2.32. The van der Waals surface area contributed by atoms with Gasteiger partial charge in [0.05, 0.1) is 23.8 Å². The Bertz CT molecular complexity index is 805. The molecule has 7 nitrogen and oxygen atoms in total. The fourth-order valence-electron chi connectivity index (χ4n) is 2.60. The van der Waals surface area contributed by atoms with Crippen LogP contribution in [0.15, 0.2) is 42.5 Å². The van der Waals surface area contributed by atoms with Crippen LogP contribution in [-0.2, 0) is 4.79 Å². The normalized spacial score (nSPS) is 12.7. The highest BCUT2D eigenvalue weighted by Gasteiger charge is 2.17. The number of nitro groups is 1. The number of nitrogens with one attached hydrogen (secondary N) is 2. The molecule has 0 fully saturated rings. The van der Waals surface area contributed by atoms with Gasteiger partial charge in [0.15, 0.2) is 0 Å². The summed E-state index contributed by atoms with van der Waals surface area (Å²) in [6.45, 7) is 6.07. The highest BCUT2D eigenvalue weighted by molar-refractivity contribution is 5.97. The standard InChI is InChI=1S/C20H25N3O4/c1-5-13(2)15-6-8-16(9-7-15)21-14(3)20(24)22-18-11-10-17(23(25)26)12-19(18)27-4/h6-14,21H,5H2,1-4H3,(H,22,24)/t13-,14-/m1/s1. The van der Waals surface area contributed by atoms with Crippen LogP contribution in [0.1, 0.15) is 38.7 Å². The van der Waals surface area contributed by atoms with Crippen molar-refractivity contribution in [1.82, 2.24) is 0 Å². The van der Waals surface area contributed by atoms with E-state index in [1.165, 1.54) is 30.9 Å². The Kier molecular flexibility index (Phi) is 6.76. The highest BCUT2D eigenvalue weighted by Crippen LogP contribution is 2.29. The van der Waals surface area contributed by atoms with Crippen LogP contribution in [0.2, 0.25) is 0 Å². The summed E-state index contributed by atoms with van der Waals surface area (Å²) < 4.78 is 5.14. The van der Waals surface area contributed by atoms with Crippen molar-refractivity contribution in [3.05, 3.63) is 58.1 Å². The smallest absolute Gasteiger partial charge is 0.273 e. The van der Waals surface area contributed by atoms with E-state index < -0.39 is 11.0 Å². The van der Waals surface area contributed by atoms with Gasteiger partial charge in [0.25, 0.3) is 5.69 Å². The van der Waals surface area contributed by atoms with Gasteiger partial charge >= 0.3 is 0 Å². The van der Waals surface area contributed by atoms with Gasteiger partial charge in [0.2, 0.25) is 5.91 Å². The molecule has 0 heterocycles. The first-order valence-electron chi connectivity index (χ1n) is 8.85. The maximum Gasteiger partial charge on any atom is 0.273 e. The molecule has 0 aliphatic rings. The third-order valence-electron chi connectivity index (χ3n) is 4.52. The first kappa shape index (κ1) is 20.2. The zero-order valence-electron chi connectivity index (χ0n) is 16.0. The third-order valence-corrected chi connectivity index (χ3v) is 4.52. The number of carbonyl (C=O) groups is 1. The Morgan fingerprint density at radius 3 is 2.41 bits per heavy atom. The number of non-ortho nitro benzene ring substituents is 1. The van der Waals surface area contributed by atoms with E-state index in [2.05, 4.69) is 36.6 Å². The lowest BCUT2D eigenvalue weighted by Gasteiger charge is -2.17. The summed E-state index contributed by atoms with van der Waals surface area (Å²) in [6, 6.07) is 11.6. The predicted octanol–water partition coefficient (Wildman–Crippen LogP) is 4.56. The largest absolute Gasteiger partial charge is 0.494 e. The number of amides is 1. The van der Waals surface area contributed by atoms with Gasteiger partial charge in [-0.2, -0.15) is 0 Å². The summed E-state index contributed by atoms with van der Waals surface area (Å²) in [4.78, 5) is 22.8. The van der Waals surface area contributed by atoms with E-state index in [4.69, 9.17) is 4.74 Å². The van der Waals surface area contributed by atoms with Crippen molar-refractivity contribution in [2.45, 2.75) is 39.2 Å². The molecule has 2 N–H and O–H groups in total. The van der Waals surface area contributed by atoms with E-state index in [1.807, 2.05) is 12.1 Å². The van der Waals surface area contributed by atoms with Crippen molar-refractivity contribution in [3.8, 4) is 5.75 Å². The van der Waals surface area contributed by atoms with Gasteiger partial charge in [-0.05, 0) is 43.0 Å². The van der Waals surface area contributed by atoms with Crippen molar-refractivity contribution in [3.63, 3.8) is 0 Å². The van der Waals surface area contributed by atoms with E-state index in [1.54, 1.807) is 6.92 Å². The zero-order valence-corrected chi connectivity index (χ0v) is 16.0. The van der Waals surface area contributed by atoms with Gasteiger partial charge in [-0.1, -0.05) is 26.0 Å². The Balaban J connectivity index is 2.04. The molecule has 0 radical (unpaired) electrons. The number of nitro benzene ring substituents is 1. The molecule has 7 heteroatoms. The molecule has 27 heavy (non-hydrogen) atoms. The van der Waals surface area contributed by atoms with Crippen LogP contribution < -0.4 is 15.4 Å². The number of rotatable bonds is 8. The topological polar surface area (TPSA) is 93.5 Å². The number of carbonyl (C=O) groups excluding carboxylic acids is 1. The van der Waals surface area contributed by atoms with Crippen LogP contribution >= 0.6 is 0 Å². The molecule has 2 rings (SSSR count). The van der Waals surface area contributed by atoms with Gasteiger partial charge in [0.1, 0.15) is 11.8 Å². The maximum atomic E-state index is 12.5. The van der Waals surface area contributed by atoms with Gasteiger partial charge in [-0.3, -0.25) is 14.9 Å². The average Bonchev–Trinajstić information content (AvgIpc) is 2.67. The molecule has 0 bridgehead atoms. The molecule has 2 aromatic rings. The molecule has 2 atom stereocenters. The lowest BCUT2D eigenvalue weighted by atomic mass is 9.98. The molecule has 144 valence electrons. The molecule has 0 saturated heterocycles. The second-order valence-corrected chi connectivity index (χ2v) is 6.43. The van der Waals surface area contributed by atoms with Gasteiger partial charge in [-0.15, -0.1) is 0 Å². The van der Waals surface area contributed by atoms with Crippen molar-refractivity contribution in [2.75, 3.05) is 17.7 Å². The fourth-order valence-corrected chi connectivity index (χ4v) is 2.60. The quantitative estimate of drug-likeness (QED) is 0.524. The maximum absolute atomic E-state index is 12.5.